The zero-order valence-corrected chi connectivity index (χ0v) is 21.2. The van der Waals surface area contributed by atoms with E-state index >= 15 is 0 Å². The number of hydrogen-bond donors (Lipinski definition) is 0. The van der Waals surface area contributed by atoms with E-state index in [1.165, 1.54) is 0 Å². The zero-order chi connectivity index (χ0) is 22.6. The summed E-state index contributed by atoms with van der Waals surface area (Å²) in [6.07, 6.45) is 3.83. The van der Waals surface area contributed by atoms with Crippen LogP contribution in [0.1, 0.15) is 61.0 Å². The van der Waals surface area contributed by atoms with Gasteiger partial charge in [0.15, 0.2) is 14.0 Å². The molecule has 1 aromatic carbocycles. The lowest BCUT2D eigenvalue weighted by Crippen LogP contribution is -2.50. The van der Waals surface area contributed by atoms with Crippen molar-refractivity contribution in [1.29, 1.82) is 0 Å². The molecule has 0 amide bonds. The summed E-state index contributed by atoms with van der Waals surface area (Å²) >= 11 is 0. The van der Waals surface area contributed by atoms with Crippen LogP contribution in [0.25, 0.3) is 0 Å². The van der Waals surface area contributed by atoms with Crippen molar-refractivity contribution >= 4 is 20.9 Å². The molecule has 1 atom stereocenters. The Morgan fingerprint density at radius 3 is 2.00 bits per heavy atom. The Morgan fingerprint density at radius 2 is 1.50 bits per heavy atom. The van der Waals surface area contributed by atoms with Crippen molar-refractivity contribution in [2.24, 2.45) is 0 Å². The smallest absolute Gasteiger partial charge is 0.399 e. The molecular weight excluding hydrogens is 391 g/mol. The van der Waals surface area contributed by atoms with E-state index < -0.39 is 21.2 Å². The monoisotopic (exact) mass is 428 g/mol. The number of rotatable bonds is 5. The number of benzene rings is 1. The summed E-state index contributed by atoms with van der Waals surface area (Å²) in [5, 5.41) is 4.80. The highest BCUT2D eigenvalue weighted by Gasteiger charge is 2.52. The van der Waals surface area contributed by atoms with Crippen LogP contribution in [0.5, 0.6) is 0 Å². The first kappa shape index (κ1) is 23.3. The van der Waals surface area contributed by atoms with Gasteiger partial charge in [-0.2, -0.15) is 5.10 Å². The molecule has 0 aliphatic carbocycles. The first-order valence-corrected chi connectivity index (χ1v) is 13.7. The summed E-state index contributed by atoms with van der Waals surface area (Å²) in [5.41, 5.74) is 0.458. The third-order valence-corrected chi connectivity index (χ3v) is 11.7. The fraction of sp³-hybridized carbons (Fsp3) is 0.609. The van der Waals surface area contributed by atoms with Crippen LogP contribution >= 0.6 is 0 Å². The molecule has 3 rings (SSSR count). The van der Waals surface area contributed by atoms with Crippen LogP contribution < -0.4 is 5.46 Å². The fourth-order valence-electron chi connectivity index (χ4n) is 3.31. The van der Waals surface area contributed by atoms with Gasteiger partial charge in [-0.15, -0.1) is 0 Å². The van der Waals surface area contributed by atoms with E-state index in [1.807, 2.05) is 35.3 Å². The molecule has 5 nitrogen and oxygen atoms in total. The molecule has 1 aliphatic heterocycles. The van der Waals surface area contributed by atoms with Crippen LogP contribution in [0.4, 0.5) is 0 Å². The average molecular weight is 428 g/mol. The zero-order valence-electron chi connectivity index (χ0n) is 20.2. The highest BCUT2D eigenvalue weighted by Crippen LogP contribution is 2.42. The number of nitrogens with zero attached hydrogens (tertiary/aromatic N) is 2. The molecule has 2 heterocycles. The third-order valence-electron chi connectivity index (χ3n) is 7.13. The van der Waals surface area contributed by atoms with Crippen LogP contribution in [0.2, 0.25) is 18.1 Å². The molecule has 0 spiro atoms. The summed E-state index contributed by atoms with van der Waals surface area (Å²) in [6, 6.07) is 10.3. The van der Waals surface area contributed by atoms with Crippen LogP contribution in [-0.4, -0.2) is 36.4 Å². The summed E-state index contributed by atoms with van der Waals surface area (Å²) in [6.45, 7) is 21.6. The van der Waals surface area contributed by atoms with Crippen LogP contribution in [0.15, 0.2) is 42.7 Å². The van der Waals surface area contributed by atoms with Gasteiger partial charge in [0.2, 0.25) is 0 Å². The predicted molar refractivity (Wildman–Crippen MR) is 125 cm³/mol. The van der Waals surface area contributed by atoms with Gasteiger partial charge in [0.1, 0.15) is 0 Å². The van der Waals surface area contributed by atoms with E-state index in [0.29, 0.717) is 0 Å². The molecular formula is C23H37BN2O3Si. The van der Waals surface area contributed by atoms with E-state index in [4.69, 9.17) is 18.8 Å². The fourth-order valence-corrected chi connectivity index (χ4v) is 4.82. The van der Waals surface area contributed by atoms with Crippen LogP contribution in [-0.2, 0) is 19.5 Å². The van der Waals surface area contributed by atoms with Gasteiger partial charge in [0, 0.05) is 23.4 Å². The first-order chi connectivity index (χ1) is 13.6. The maximum atomic E-state index is 6.98. The molecule has 0 saturated carbocycles. The Kier molecular flexibility index (Phi) is 5.68. The van der Waals surface area contributed by atoms with E-state index in [2.05, 4.69) is 80.6 Å². The summed E-state index contributed by atoms with van der Waals surface area (Å²) in [7, 11) is -2.55. The van der Waals surface area contributed by atoms with E-state index in [1.54, 1.807) is 0 Å². The maximum absolute atomic E-state index is 6.98. The molecule has 2 aromatic rings. The lowest BCUT2D eigenvalue weighted by molar-refractivity contribution is 0.00578. The van der Waals surface area contributed by atoms with Crippen molar-refractivity contribution in [1.82, 2.24) is 9.78 Å². The van der Waals surface area contributed by atoms with Crippen molar-refractivity contribution in [3.63, 3.8) is 0 Å². The highest BCUT2D eigenvalue weighted by molar-refractivity contribution is 6.74. The van der Waals surface area contributed by atoms with Crippen molar-refractivity contribution in [3.8, 4) is 0 Å². The maximum Gasteiger partial charge on any atom is 0.498 e. The molecule has 0 N–H and O–H groups in total. The Labute approximate surface area is 183 Å². The highest BCUT2D eigenvalue weighted by atomic mass is 28.4. The van der Waals surface area contributed by atoms with E-state index in [0.717, 1.165) is 11.0 Å². The lowest BCUT2D eigenvalue weighted by Gasteiger charge is -2.44. The standard InChI is InChI=1S/C23H37BN2O3Si/c1-20(2,3)30(9,10)29-23(8,18-14-12-11-13-15-18)26-17-19(16-25-26)24-27-21(4,5)22(6,7)28-24/h11-17H,1-10H3. The van der Waals surface area contributed by atoms with Gasteiger partial charge in [0.25, 0.3) is 0 Å². The van der Waals surface area contributed by atoms with Gasteiger partial charge in [-0.1, -0.05) is 51.1 Å². The van der Waals surface area contributed by atoms with Crippen LogP contribution in [0.3, 0.4) is 0 Å². The van der Waals surface area contributed by atoms with Gasteiger partial charge < -0.3 is 13.7 Å². The minimum atomic E-state index is -2.10. The Bertz CT molecular complexity index is 873. The number of aromatic nitrogens is 2. The lowest BCUT2D eigenvalue weighted by atomic mass is 9.82. The second-order valence-corrected chi connectivity index (χ2v) is 15.7. The summed E-state index contributed by atoms with van der Waals surface area (Å²) in [4.78, 5) is 0. The van der Waals surface area contributed by atoms with Crippen molar-refractivity contribution in [2.45, 2.75) is 90.4 Å². The minimum absolute atomic E-state index is 0.0742. The molecule has 0 radical (unpaired) electrons. The molecule has 1 unspecified atom stereocenters. The quantitative estimate of drug-likeness (QED) is 0.634. The van der Waals surface area contributed by atoms with Crippen molar-refractivity contribution in [2.75, 3.05) is 0 Å². The molecule has 164 valence electrons. The van der Waals surface area contributed by atoms with Crippen molar-refractivity contribution < 1.29 is 13.7 Å². The minimum Gasteiger partial charge on any atom is -0.399 e. The Hall–Kier alpha value is -1.41. The predicted octanol–water partition coefficient (Wildman–Crippen LogP) is 4.93. The average Bonchev–Trinajstić information content (AvgIpc) is 3.18. The molecule has 1 saturated heterocycles. The molecule has 30 heavy (non-hydrogen) atoms. The van der Waals surface area contributed by atoms with Gasteiger partial charge in [-0.3, -0.25) is 0 Å². The largest absolute Gasteiger partial charge is 0.498 e. The van der Waals surface area contributed by atoms with Gasteiger partial charge >= 0.3 is 7.12 Å². The molecule has 1 fully saturated rings. The van der Waals surface area contributed by atoms with Crippen LogP contribution in [0, 0.1) is 0 Å². The molecule has 1 aromatic heterocycles. The van der Waals surface area contributed by atoms with Crippen molar-refractivity contribution in [3.05, 3.63) is 48.3 Å². The van der Waals surface area contributed by atoms with Gasteiger partial charge in [-0.05, 0) is 52.8 Å². The van der Waals surface area contributed by atoms with E-state index in [9.17, 15) is 0 Å². The number of hydrogen-bond acceptors (Lipinski definition) is 4. The summed E-state index contributed by atoms with van der Waals surface area (Å²) in [5.74, 6) is 0. The molecule has 7 heteroatoms. The molecule has 1 aliphatic rings. The van der Waals surface area contributed by atoms with Gasteiger partial charge in [0.05, 0.1) is 11.2 Å². The topological polar surface area (TPSA) is 45.5 Å². The Balaban J connectivity index is 2.01. The van der Waals surface area contributed by atoms with E-state index in [-0.39, 0.29) is 16.2 Å². The molecule has 0 bridgehead atoms. The van der Waals surface area contributed by atoms with Gasteiger partial charge in [-0.25, -0.2) is 4.68 Å². The SMILES string of the molecule is CC(O[Si](C)(C)C(C)(C)C)(c1ccccc1)n1cc(B2OC(C)(C)C(C)(C)O2)cn1. The Morgan fingerprint density at radius 1 is 0.967 bits per heavy atom. The normalized spacial score (nSPS) is 20.9. The second kappa shape index (κ2) is 7.33. The summed E-state index contributed by atoms with van der Waals surface area (Å²) < 4.78 is 21.4. The first-order valence-electron chi connectivity index (χ1n) is 10.8. The third kappa shape index (κ3) is 4.05. The second-order valence-electron chi connectivity index (χ2n) is 11.0.